The fourth-order valence-electron chi connectivity index (χ4n) is 2.57. The molecule has 1 aliphatic rings. The molecule has 158 valence electrons. The van der Waals surface area contributed by atoms with Gasteiger partial charge in [0.2, 0.25) is 4.75 Å². The second-order valence-electron chi connectivity index (χ2n) is 7.91. The molecule has 1 fully saturated rings. The van der Waals surface area contributed by atoms with Gasteiger partial charge in [-0.1, -0.05) is 49.8 Å². The summed E-state index contributed by atoms with van der Waals surface area (Å²) in [6, 6.07) is 0. The average Bonchev–Trinajstić information content (AvgIpc) is 2.86. The molecule has 1 heterocycles. The van der Waals surface area contributed by atoms with Crippen molar-refractivity contribution in [2.75, 3.05) is 14.2 Å². The SMILES string of the molecule is C#COC(=O)C[C@@H]1SC(C(=O)OC)(C(=O)OC)[C@@H](O[Si](C)(C)C(C)(C)C)[C@@H]1I. The Bertz CT molecular complexity index is 652. The Labute approximate surface area is 185 Å². The lowest BCUT2D eigenvalue weighted by atomic mass is 9.97. The molecular weight excluding hydrogens is 515 g/mol. The van der Waals surface area contributed by atoms with Gasteiger partial charge < -0.3 is 18.6 Å². The van der Waals surface area contributed by atoms with Crippen molar-refractivity contribution in [2.24, 2.45) is 0 Å². The van der Waals surface area contributed by atoms with E-state index in [0.29, 0.717) is 0 Å². The molecule has 3 atom stereocenters. The van der Waals surface area contributed by atoms with Crippen LogP contribution >= 0.6 is 34.4 Å². The normalized spacial score (nSPS) is 24.2. The van der Waals surface area contributed by atoms with Gasteiger partial charge in [0.1, 0.15) is 6.11 Å². The van der Waals surface area contributed by atoms with Gasteiger partial charge in [0, 0.05) is 5.25 Å². The van der Waals surface area contributed by atoms with Crippen molar-refractivity contribution < 1.29 is 33.0 Å². The Morgan fingerprint density at radius 1 is 1.18 bits per heavy atom. The van der Waals surface area contributed by atoms with Crippen LogP contribution in [0.4, 0.5) is 0 Å². The van der Waals surface area contributed by atoms with E-state index in [0.717, 1.165) is 11.8 Å². The summed E-state index contributed by atoms with van der Waals surface area (Å²) in [4.78, 5) is 37.6. The number of rotatable bonds is 6. The maximum atomic E-state index is 12.8. The van der Waals surface area contributed by atoms with E-state index in [2.05, 4.69) is 48.1 Å². The van der Waals surface area contributed by atoms with Gasteiger partial charge in [-0.15, -0.1) is 11.8 Å². The number of carbonyl (C=O) groups is 3. The molecule has 28 heavy (non-hydrogen) atoms. The first-order valence-electron chi connectivity index (χ1n) is 8.60. The second-order valence-corrected chi connectivity index (χ2v) is 15.6. The van der Waals surface area contributed by atoms with E-state index < -0.39 is 42.3 Å². The van der Waals surface area contributed by atoms with E-state index in [-0.39, 0.29) is 15.4 Å². The van der Waals surface area contributed by atoms with Gasteiger partial charge in [0.05, 0.1) is 30.7 Å². The van der Waals surface area contributed by atoms with Gasteiger partial charge in [0.15, 0.2) is 8.32 Å². The van der Waals surface area contributed by atoms with Crippen LogP contribution in [-0.4, -0.2) is 60.5 Å². The summed E-state index contributed by atoms with van der Waals surface area (Å²) in [5, 5.41) is -0.610. The van der Waals surface area contributed by atoms with E-state index in [1.54, 1.807) is 0 Å². The highest BCUT2D eigenvalue weighted by Crippen LogP contribution is 2.53. The molecule has 10 heteroatoms. The van der Waals surface area contributed by atoms with E-state index >= 15 is 0 Å². The minimum absolute atomic E-state index is 0.0738. The standard InChI is InChI=1S/C18H27IO7SSi/c1-9-25-12(20)10-11-13(19)14(26-28(7,8)17(2,3)4)18(27-11,15(21)23-5)16(22)24-6/h1,11,13-14H,10H2,2-8H3/t11-,13+,14-/m0/s1. The topological polar surface area (TPSA) is 88.1 Å². The molecule has 0 unspecified atom stereocenters. The van der Waals surface area contributed by atoms with Gasteiger partial charge in [-0.05, 0) is 18.1 Å². The summed E-state index contributed by atoms with van der Waals surface area (Å²) in [5.74, 6) is -2.14. The molecule has 0 bridgehead atoms. The van der Waals surface area contributed by atoms with Crippen LogP contribution < -0.4 is 0 Å². The van der Waals surface area contributed by atoms with Gasteiger partial charge in [0.25, 0.3) is 0 Å². The van der Waals surface area contributed by atoms with Gasteiger partial charge in [-0.25, -0.2) is 9.59 Å². The zero-order chi connectivity index (χ0) is 21.9. The average molecular weight is 542 g/mol. The first-order chi connectivity index (χ1) is 12.8. The molecular formula is C18H27IO7SSi. The fourth-order valence-corrected chi connectivity index (χ4v) is 7.53. The van der Waals surface area contributed by atoms with Crippen molar-refractivity contribution >= 4 is 60.6 Å². The Morgan fingerprint density at radius 2 is 1.68 bits per heavy atom. The molecule has 1 aliphatic heterocycles. The quantitative estimate of drug-likeness (QED) is 0.0964. The minimum atomic E-state index is -2.38. The maximum Gasteiger partial charge on any atom is 0.336 e. The van der Waals surface area contributed by atoms with E-state index in [4.69, 9.17) is 20.3 Å². The van der Waals surface area contributed by atoms with Crippen molar-refractivity contribution in [3.63, 3.8) is 0 Å². The molecule has 0 aromatic heterocycles. The number of carbonyl (C=O) groups excluding carboxylic acids is 3. The summed E-state index contributed by atoms with van der Waals surface area (Å²) >= 11 is 3.13. The lowest BCUT2D eigenvalue weighted by Gasteiger charge is -2.42. The van der Waals surface area contributed by atoms with Crippen LogP contribution in [0.1, 0.15) is 27.2 Å². The third-order valence-corrected chi connectivity index (χ3v) is 13.3. The molecule has 0 spiro atoms. The molecule has 1 saturated heterocycles. The highest BCUT2D eigenvalue weighted by molar-refractivity contribution is 14.1. The predicted octanol–water partition coefficient (Wildman–Crippen LogP) is 2.90. The van der Waals surface area contributed by atoms with E-state index in [1.807, 2.05) is 19.2 Å². The molecule has 0 amide bonds. The number of thioether (sulfide) groups is 1. The van der Waals surface area contributed by atoms with Gasteiger partial charge in [-0.2, -0.15) is 0 Å². The molecule has 1 rings (SSSR count). The third-order valence-electron chi connectivity index (χ3n) is 5.13. The Hall–Kier alpha value is -0.773. The number of hydrogen-bond acceptors (Lipinski definition) is 8. The van der Waals surface area contributed by atoms with Crippen LogP contribution in [0.5, 0.6) is 0 Å². The highest BCUT2D eigenvalue weighted by atomic mass is 127. The summed E-state index contributed by atoms with van der Waals surface area (Å²) in [6.45, 7) is 10.2. The van der Waals surface area contributed by atoms with Gasteiger partial charge >= 0.3 is 17.9 Å². The number of hydrogen-bond donors (Lipinski definition) is 0. The van der Waals surface area contributed by atoms with E-state index in [1.165, 1.54) is 14.2 Å². The predicted molar refractivity (Wildman–Crippen MR) is 118 cm³/mol. The Kier molecular flexibility index (Phi) is 8.45. The number of esters is 3. The fraction of sp³-hybridized carbons (Fsp3) is 0.722. The largest absolute Gasteiger partial charge is 0.467 e. The van der Waals surface area contributed by atoms with Crippen LogP contribution in [0, 0.1) is 12.5 Å². The van der Waals surface area contributed by atoms with Crippen molar-refractivity contribution in [2.45, 2.75) is 65.3 Å². The molecule has 0 aromatic carbocycles. The third kappa shape index (κ3) is 4.85. The van der Waals surface area contributed by atoms with Crippen molar-refractivity contribution in [1.82, 2.24) is 0 Å². The number of terminal acetylenes is 1. The number of ether oxygens (including phenoxy) is 3. The van der Waals surface area contributed by atoms with E-state index in [9.17, 15) is 14.4 Å². The summed E-state index contributed by atoms with van der Waals surface area (Å²) in [6.07, 6.45) is 5.96. The highest BCUT2D eigenvalue weighted by Gasteiger charge is 2.67. The smallest absolute Gasteiger partial charge is 0.336 e. The molecule has 7 nitrogen and oxygen atoms in total. The van der Waals surface area contributed by atoms with Crippen LogP contribution in [0.15, 0.2) is 0 Å². The molecule has 0 aliphatic carbocycles. The maximum absolute atomic E-state index is 12.8. The van der Waals surface area contributed by atoms with Crippen LogP contribution in [0.2, 0.25) is 18.1 Å². The molecule has 0 saturated carbocycles. The van der Waals surface area contributed by atoms with Crippen LogP contribution in [-0.2, 0) is 33.0 Å². The lowest BCUT2D eigenvalue weighted by Crippen LogP contribution is -2.59. The summed E-state index contributed by atoms with van der Waals surface area (Å²) in [7, 11) is 0.0302. The van der Waals surface area contributed by atoms with Crippen molar-refractivity contribution in [1.29, 1.82) is 0 Å². The first kappa shape index (κ1) is 25.3. The van der Waals surface area contributed by atoms with Crippen LogP contribution in [0.3, 0.4) is 0 Å². The lowest BCUT2D eigenvalue weighted by molar-refractivity contribution is -0.159. The zero-order valence-corrected chi connectivity index (χ0v) is 21.1. The number of alkyl halides is 1. The van der Waals surface area contributed by atoms with Crippen LogP contribution in [0.25, 0.3) is 0 Å². The molecule has 0 N–H and O–H groups in total. The second kappa shape index (κ2) is 9.36. The van der Waals surface area contributed by atoms with Gasteiger partial charge in [-0.3, -0.25) is 4.79 Å². The number of halogens is 1. The monoisotopic (exact) mass is 542 g/mol. The summed E-state index contributed by atoms with van der Waals surface area (Å²) in [5.41, 5.74) is 0. The summed E-state index contributed by atoms with van der Waals surface area (Å²) < 4.78 is 19.0. The Morgan fingerprint density at radius 3 is 2.07 bits per heavy atom. The Balaban J connectivity index is 3.45. The minimum Gasteiger partial charge on any atom is -0.467 e. The van der Waals surface area contributed by atoms with Crippen molar-refractivity contribution in [3.05, 3.63) is 0 Å². The first-order valence-corrected chi connectivity index (χ1v) is 13.6. The molecule has 0 radical (unpaired) electrons. The van der Waals surface area contributed by atoms with Crippen molar-refractivity contribution in [3.8, 4) is 12.5 Å². The molecule has 0 aromatic rings. The zero-order valence-electron chi connectivity index (χ0n) is 17.2. The number of methoxy groups -OCH3 is 2.